The van der Waals surface area contributed by atoms with Crippen LogP contribution in [0.3, 0.4) is 0 Å². The Kier molecular flexibility index (Phi) is 8.23. The number of carbonyl (C=O) groups excluding carboxylic acids is 2. The minimum Gasteiger partial charge on any atom is -0.396 e. The smallest absolute Gasteiger partial charge is 0.396 e. The summed E-state index contributed by atoms with van der Waals surface area (Å²) in [6.07, 6.45) is -5.45. The van der Waals surface area contributed by atoms with Crippen molar-refractivity contribution in [1.29, 1.82) is 0 Å². The van der Waals surface area contributed by atoms with Crippen LogP contribution in [0.1, 0.15) is 37.8 Å². The third kappa shape index (κ3) is 7.56. The van der Waals surface area contributed by atoms with Crippen LogP contribution in [-0.2, 0) is 22.3 Å². The number of carbonyl (C=O) groups is 2. The topological polar surface area (TPSA) is 98.7 Å². The highest BCUT2D eigenvalue weighted by Gasteiger charge is 2.32. The van der Waals surface area contributed by atoms with Gasteiger partial charge in [-0.1, -0.05) is 26.0 Å². The summed E-state index contributed by atoms with van der Waals surface area (Å²) in [5, 5.41) is 23.9. The Bertz CT molecular complexity index is 648. The molecule has 0 saturated carbocycles. The van der Waals surface area contributed by atoms with Crippen LogP contribution in [0.4, 0.5) is 13.2 Å². The van der Waals surface area contributed by atoms with Crippen molar-refractivity contribution >= 4 is 11.8 Å². The van der Waals surface area contributed by atoms with E-state index in [2.05, 4.69) is 10.6 Å². The van der Waals surface area contributed by atoms with Gasteiger partial charge in [-0.25, -0.2) is 0 Å². The number of alkyl halides is 3. The molecule has 0 bridgehead atoms. The predicted octanol–water partition coefficient (Wildman–Crippen LogP) is 1.60. The number of benzene rings is 1. The van der Waals surface area contributed by atoms with Crippen molar-refractivity contribution in [2.45, 2.75) is 45.5 Å². The fourth-order valence-corrected chi connectivity index (χ4v) is 2.15. The van der Waals surface area contributed by atoms with Crippen LogP contribution < -0.4 is 10.6 Å². The summed E-state index contributed by atoms with van der Waals surface area (Å²) < 4.78 is 37.9. The molecule has 0 aliphatic rings. The molecule has 6 nitrogen and oxygen atoms in total. The van der Waals surface area contributed by atoms with Crippen molar-refractivity contribution in [3.05, 3.63) is 35.4 Å². The second kappa shape index (κ2) is 9.70. The maximum Gasteiger partial charge on any atom is 0.416 e. The van der Waals surface area contributed by atoms with Crippen molar-refractivity contribution < 1.29 is 33.0 Å². The van der Waals surface area contributed by atoms with Gasteiger partial charge in [-0.05, 0) is 24.1 Å². The molecular weight excluding hydrogens is 365 g/mol. The molecule has 0 aliphatic heterocycles. The van der Waals surface area contributed by atoms with Gasteiger partial charge in [0.1, 0.15) is 6.10 Å². The number of hydrogen-bond acceptors (Lipinski definition) is 4. The van der Waals surface area contributed by atoms with E-state index >= 15 is 0 Å². The van der Waals surface area contributed by atoms with Crippen LogP contribution in [0.15, 0.2) is 24.3 Å². The van der Waals surface area contributed by atoms with Gasteiger partial charge in [0.25, 0.3) is 0 Å². The summed E-state index contributed by atoms with van der Waals surface area (Å²) in [5.41, 5.74) is -1.42. The average Bonchev–Trinajstić information content (AvgIpc) is 2.62. The first kappa shape index (κ1) is 22.9. The Hall–Kier alpha value is -2.13. The maximum absolute atomic E-state index is 12.6. The van der Waals surface area contributed by atoms with E-state index in [-0.39, 0.29) is 32.0 Å². The van der Waals surface area contributed by atoms with Crippen molar-refractivity contribution in [3.63, 3.8) is 0 Å². The first-order chi connectivity index (χ1) is 12.5. The minimum atomic E-state index is -4.44. The van der Waals surface area contributed by atoms with E-state index in [0.717, 1.165) is 12.1 Å². The van der Waals surface area contributed by atoms with Crippen LogP contribution >= 0.6 is 0 Å². The molecule has 9 heteroatoms. The van der Waals surface area contributed by atoms with Gasteiger partial charge in [0.05, 0.1) is 12.2 Å². The lowest BCUT2D eigenvalue weighted by atomic mass is 9.87. The van der Waals surface area contributed by atoms with Crippen molar-refractivity contribution in [2.24, 2.45) is 5.41 Å². The van der Waals surface area contributed by atoms with Crippen molar-refractivity contribution in [3.8, 4) is 0 Å². The summed E-state index contributed by atoms with van der Waals surface area (Å²) in [4.78, 5) is 23.5. The van der Waals surface area contributed by atoms with Crippen molar-refractivity contribution in [1.82, 2.24) is 10.6 Å². The van der Waals surface area contributed by atoms with Crippen LogP contribution in [0.25, 0.3) is 0 Å². The highest BCUT2D eigenvalue weighted by Crippen LogP contribution is 2.29. The Morgan fingerprint density at radius 1 is 1.19 bits per heavy atom. The molecule has 1 rings (SSSR count). The van der Waals surface area contributed by atoms with Crippen LogP contribution in [0.5, 0.6) is 0 Å². The van der Waals surface area contributed by atoms with Crippen molar-refractivity contribution in [2.75, 3.05) is 13.2 Å². The van der Waals surface area contributed by atoms with Gasteiger partial charge in [-0.2, -0.15) is 13.2 Å². The molecule has 0 aromatic heterocycles. The summed E-state index contributed by atoms with van der Waals surface area (Å²) >= 11 is 0. The predicted molar refractivity (Wildman–Crippen MR) is 92.4 cm³/mol. The average molecular weight is 390 g/mol. The molecule has 0 fully saturated rings. The third-order valence-corrected chi connectivity index (χ3v) is 4.02. The van der Waals surface area contributed by atoms with Gasteiger partial charge in [0, 0.05) is 24.9 Å². The SMILES string of the molecule is CC(C)(CO)[C@@H](O)C(=O)NCCCC(=O)NCc1cccc(C(F)(F)F)c1. The lowest BCUT2D eigenvalue weighted by Crippen LogP contribution is -2.45. The summed E-state index contributed by atoms with van der Waals surface area (Å²) in [7, 11) is 0. The molecule has 0 spiro atoms. The van der Waals surface area contributed by atoms with E-state index < -0.39 is 29.2 Å². The largest absolute Gasteiger partial charge is 0.416 e. The minimum absolute atomic E-state index is 0.0293. The summed E-state index contributed by atoms with van der Waals surface area (Å²) in [5.74, 6) is -1.00. The standard InChI is InChI=1S/C18H25F3N2O4/c1-17(2,11-24)15(26)16(27)22-8-4-7-14(25)23-10-12-5-3-6-13(9-12)18(19,20)21/h3,5-6,9,15,24,26H,4,7-8,10-11H2,1-2H3,(H,22,27)(H,23,25)/t15-/m0/s1. The molecule has 0 heterocycles. The van der Waals surface area contributed by atoms with Gasteiger partial charge in [0.2, 0.25) is 11.8 Å². The van der Waals surface area contributed by atoms with E-state index in [1.54, 1.807) is 13.8 Å². The second-order valence-electron chi connectivity index (χ2n) is 6.92. The zero-order valence-electron chi connectivity index (χ0n) is 15.3. The zero-order chi connectivity index (χ0) is 20.7. The number of rotatable bonds is 9. The molecule has 27 heavy (non-hydrogen) atoms. The second-order valence-corrected chi connectivity index (χ2v) is 6.92. The fraction of sp³-hybridized carbons (Fsp3) is 0.556. The molecule has 0 radical (unpaired) electrons. The van der Waals surface area contributed by atoms with Crippen LogP contribution in [-0.4, -0.2) is 41.3 Å². The Morgan fingerprint density at radius 2 is 1.85 bits per heavy atom. The number of nitrogens with one attached hydrogen (secondary N) is 2. The van der Waals surface area contributed by atoms with E-state index in [4.69, 9.17) is 5.11 Å². The van der Waals surface area contributed by atoms with E-state index in [1.165, 1.54) is 12.1 Å². The number of aliphatic hydroxyl groups excluding tert-OH is 2. The summed E-state index contributed by atoms with van der Waals surface area (Å²) in [6, 6.07) is 4.70. The Labute approximate surface area is 155 Å². The van der Waals surface area contributed by atoms with Crippen LogP contribution in [0.2, 0.25) is 0 Å². The van der Waals surface area contributed by atoms with Gasteiger partial charge in [0.15, 0.2) is 0 Å². The first-order valence-corrected chi connectivity index (χ1v) is 8.47. The quantitative estimate of drug-likeness (QED) is 0.482. The molecule has 0 aliphatic carbocycles. The normalized spacial score (nSPS) is 13.1. The number of amides is 2. The fourth-order valence-electron chi connectivity index (χ4n) is 2.15. The van der Waals surface area contributed by atoms with Gasteiger partial charge < -0.3 is 20.8 Å². The molecule has 0 saturated heterocycles. The third-order valence-electron chi connectivity index (χ3n) is 4.02. The first-order valence-electron chi connectivity index (χ1n) is 8.47. The van der Waals surface area contributed by atoms with Gasteiger partial charge >= 0.3 is 6.18 Å². The van der Waals surface area contributed by atoms with E-state index in [1.807, 2.05) is 0 Å². The maximum atomic E-state index is 12.6. The van der Waals surface area contributed by atoms with Gasteiger partial charge in [-0.3, -0.25) is 9.59 Å². The molecule has 1 aromatic carbocycles. The molecule has 2 amide bonds. The Morgan fingerprint density at radius 3 is 2.44 bits per heavy atom. The highest BCUT2D eigenvalue weighted by atomic mass is 19.4. The molecule has 0 unspecified atom stereocenters. The lowest BCUT2D eigenvalue weighted by Gasteiger charge is -2.27. The van der Waals surface area contributed by atoms with Gasteiger partial charge in [-0.15, -0.1) is 0 Å². The monoisotopic (exact) mass is 390 g/mol. The molecule has 1 aromatic rings. The molecule has 4 N–H and O–H groups in total. The number of aliphatic hydroxyl groups is 2. The molecular formula is C18H25F3N2O4. The van der Waals surface area contributed by atoms with Crippen LogP contribution in [0, 0.1) is 5.41 Å². The molecule has 152 valence electrons. The lowest BCUT2D eigenvalue weighted by molar-refractivity contribution is -0.138. The van der Waals surface area contributed by atoms with E-state index in [0.29, 0.717) is 12.0 Å². The number of halogens is 3. The highest BCUT2D eigenvalue weighted by molar-refractivity contribution is 5.81. The molecule has 1 atom stereocenters. The zero-order valence-corrected chi connectivity index (χ0v) is 15.3. The number of hydrogen-bond donors (Lipinski definition) is 4. The summed E-state index contributed by atoms with van der Waals surface area (Å²) in [6.45, 7) is 2.84. The Balaban J connectivity index is 2.34. The van der Waals surface area contributed by atoms with E-state index in [9.17, 15) is 27.9 Å².